The molecule has 1 N–H and O–H groups in total. The molecule has 6 heteroatoms. The third-order valence-corrected chi connectivity index (χ3v) is 5.99. The fourth-order valence-electron chi connectivity index (χ4n) is 4.01. The number of fused-ring (bicyclic) bond motifs is 1. The number of aryl methyl sites for hydroxylation is 5. The Hall–Kier alpha value is -2.89. The first-order chi connectivity index (χ1) is 13.8. The van der Waals surface area contributed by atoms with E-state index < -0.39 is 0 Å². The van der Waals surface area contributed by atoms with E-state index in [0.29, 0.717) is 18.1 Å². The molecule has 2 aromatic heterocycles. The van der Waals surface area contributed by atoms with E-state index in [1.54, 1.807) is 0 Å². The van der Waals surface area contributed by atoms with E-state index in [1.165, 1.54) is 11.1 Å². The van der Waals surface area contributed by atoms with Gasteiger partial charge in [-0.1, -0.05) is 6.07 Å². The molecule has 0 aliphatic carbocycles. The number of carbonyl (C=O) groups is 1. The summed E-state index contributed by atoms with van der Waals surface area (Å²) in [4.78, 5) is 24.3. The third kappa shape index (κ3) is 3.71. The van der Waals surface area contributed by atoms with E-state index in [2.05, 4.69) is 29.0 Å². The number of carbonyl (C=O) groups excluding carboxylic acids is 1. The Labute approximate surface area is 171 Å². The van der Waals surface area contributed by atoms with Crippen molar-refractivity contribution in [2.75, 3.05) is 23.3 Å². The van der Waals surface area contributed by atoms with Crippen LogP contribution in [0.5, 0.6) is 0 Å². The Morgan fingerprint density at radius 2 is 1.93 bits per heavy atom. The van der Waals surface area contributed by atoms with Gasteiger partial charge in [0.1, 0.15) is 17.4 Å². The number of nitrogens with zero attached hydrogens (tertiary/aromatic N) is 3. The summed E-state index contributed by atoms with van der Waals surface area (Å²) in [5.41, 5.74) is 4.95. The van der Waals surface area contributed by atoms with Crippen molar-refractivity contribution in [2.24, 2.45) is 5.92 Å². The quantitative estimate of drug-likeness (QED) is 0.704. The van der Waals surface area contributed by atoms with Crippen molar-refractivity contribution < 1.29 is 9.21 Å². The monoisotopic (exact) mass is 392 g/mol. The number of anilines is 2. The summed E-state index contributed by atoms with van der Waals surface area (Å²) in [7, 11) is 0. The molecule has 29 heavy (non-hydrogen) atoms. The lowest BCUT2D eigenvalue weighted by Gasteiger charge is -2.33. The van der Waals surface area contributed by atoms with Crippen LogP contribution < -0.4 is 10.2 Å². The number of benzene rings is 1. The van der Waals surface area contributed by atoms with Crippen LogP contribution in [-0.4, -0.2) is 29.0 Å². The average molecular weight is 393 g/mol. The molecule has 4 rings (SSSR count). The molecule has 0 bridgehead atoms. The van der Waals surface area contributed by atoms with Crippen LogP contribution in [-0.2, 0) is 4.79 Å². The lowest BCUT2D eigenvalue weighted by Crippen LogP contribution is -2.41. The van der Waals surface area contributed by atoms with E-state index in [9.17, 15) is 4.79 Å². The van der Waals surface area contributed by atoms with Crippen molar-refractivity contribution in [3.05, 3.63) is 46.5 Å². The van der Waals surface area contributed by atoms with E-state index in [4.69, 9.17) is 9.40 Å². The third-order valence-electron chi connectivity index (χ3n) is 5.99. The first-order valence-electron chi connectivity index (χ1n) is 10.2. The van der Waals surface area contributed by atoms with Crippen molar-refractivity contribution in [3.63, 3.8) is 0 Å². The molecule has 0 saturated carbocycles. The maximum atomic E-state index is 13.0. The standard InChI is InChI=1S/C23H28N4O2/c1-13-8-9-19(11-14(13)2)26-22(28)18-7-6-10-27(12-18)21-20-15(3)16(4)29-23(20)25-17(5)24-21/h8-9,11,18H,6-7,10,12H2,1-5H3,(H,26,28)/t18-/m0/s1. The maximum Gasteiger partial charge on any atom is 0.231 e. The molecule has 1 amide bonds. The van der Waals surface area contributed by atoms with Crippen molar-refractivity contribution in [1.29, 1.82) is 0 Å². The Morgan fingerprint density at radius 3 is 2.69 bits per heavy atom. The van der Waals surface area contributed by atoms with Gasteiger partial charge < -0.3 is 14.6 Å². The highest BCUT2D eigenvalue weighted by Crippen LogP contribution is 2.33. The van der Waals surface area contributed by atoms with Gasteiger partial charge in [-0.15, -0.1) is 0 Å². The molecule has 0 radical (unpaired) electrons. The van der Waals surface area contributed by atoms with Crippen molar-refractivity contribution in [3.8, 4) is 0 Å². The molecule has 1 aliphatic heterocycles. The number of aromatic nitrogens is 2. The largest absolute Gasteiger partial charge is 0.443 e. The zero-order valence-electron chi connectivity index (χ0n) is 17.8. The summed E-state index contributed by atoms with van der Waals surface area (Å²) in [5, 5.41) is 4.06. The Bertz CT molecular complexity index is 1090. The second-order valence-corrected chi connectivity index (χ2v) is 8.13. The van der Waals surface area contributed by atoms with Gasteiger partial charge in [0, 0.05) is 24.3 Å². The lowest BCUT2D eigenvalue weighted by molar-refractivity contribution is -0.120. The van der Waals surface area contributed by atoms with Crippen LogP contribution in [0.3, 0.4) is 0 Å². The van der Waals surface area contributed by atoms with Gasteiger partial charge in [0.2, 0.25) is 11.6 Å². The molecular formula is C23H28N4O2. The van der Waals surface area contributed by atoms with Gasteiger partial charge in [-0.2, -0.15) is 4.98 Å². The van der Waals surface area contributed by atoms with Crippen molar-refractivity contribution in [2.45, 2.75) is 47.5 Å². The van der Waals surface area contributed by atoms with Crippen LogP contribution in [0.4, 0.5) is 11.5 Å². The molecule has 1 fully saturated rings. The van der Waals surface area contributed by atoms with Crippen LogP contribution in [0.25, 0.3) is 11.1 Å². The van der Waals surface area contributed by atoms with Gasteiger partial charge in [-0.3, -0.25) is 4.79 Å². The minimum Gasteiger partial charge on any atom is -0.443 e. The molecule has 1 aliphatic rings. The number of hydrogen-bond donors (Lipinski definition) is 1. The van der Waals surface area contributed by atoms with E-state index in [1.807, 2.05) is 39.0 Å². The minimum absolute atomic E-state index is 0.0695. The molecule has 1 atom stereocenters. The van der Waals surface area contributed by atoms with E-state index in [-0.39, 0.29) is 11.8 Å². The first kappa shape index (κ1) is 19.4. The highest BCUT2D eigenvalue weighted by atomic mass is 16.3. The molecule has 1 saturated heterocycles. The predicted molar refractivity (Wildman–Crippen MR) is 115 cm³/mol. The first-order valence-corrected chi connectivity index (χ1v) is 10.2. The zero-order valence-corrected chi connectivity index (χ0v) is 17.8. The van der Waals surface area contributed by atoms with Crippen LogP contribution in [0, 0.1) is 40.5 Å². The number of piperidine rings is 1. The fraction of sp³-hybridized carbons (Fsp3) is 0.435. The molecule has 0 spiro atoms. The number of hydrogen-bond acceptors (Lipinski definition) is 5. The summed E-state index contributed by atoms with van der Waals surface area (Å²) in [6.45, 7) is 11.5. The van der Waals surface area contributed by atoms with Crippen LogP contribution >= 0.6 is 0 Å². The molecule has 1 aromatic carbocycles. The van der Waals surface area contributed by atoms with Gasteiger partial charge in [-0.05, 0) is 70.7 Å². The topological polar surface area (TPSA) is 71.3 Å². The molecule has 3 aromatic rings. The SMILES string of the molecule is Cc1nc(N2CCC[C@H](C(=O)Nc3ccc(C)c(C)c3)C2)c2c(C)c(C)oc2n1. The van der Waals surface area contributed by atoms with Gasteiger partial charge in [0.25, 0.3) is 0 Å². The van der Waals surface area contributed by atoms with E-state index >= 15 is 0 Å². The number of rotatable bonds is 3. The average Bonchev–Trinajstić information content (AvgIpc) is 2.97. The Balaban J connectivity index is 1.58. The highest BCUT2D eigenvalue weighted by Gasteiger charge is 2.29. The van der Waals surface area contributed by atoms with Crippen molar-refractivity contribution >= 4 is 28.5 Å². The normalized spacial score (nSPS) is 17.0. The van der Waals surface area contributed by atoms with Crippen molar-refractivity contribution in [1.82, 2.24) is 9.97 Å². The number of nitrogens with one attached hydrogen (secondary N) is 1. The van der Waals surface area contributed by atoms with E-state index in [0.717, 1.165) is 47.6 Å². The smallest absolute Gasteiger partial charge is 0.231 e. The molecule has 3 heterocycles. The highest BCUT2D eigenvalue weighted by molar-refractivity contribution is 5.94. The Morgan fingerprint density at radius 1 is 1.14 bits per heavy atom. The summed E-state index contributed by atoms with van der Waals surface area (Å²) < 4.78 is 5.83. The lowest BCUT2D eigenvalue weighted by atomic mass is 9.96. The molecule has 6 nitrogen and oxygen atoms in total. The van der Waals surface area contributed by atoms with Crippen LogP contribution in [0.15, 0.2) is 22.6 Å². The summed E-state index contributed by atoms with van der Waals surface area (Å²) in [5.74, 6) is 2.42. The second-order valence-electron chi connectivity index (χ2n) is 8.13. The summed E-state index contributed by atoms with van der Waals surface area (Å²) >= 11 is 0. The maximum absolute atomic E-state index is 13.0. The van der Waals surface area contributed by atoms with Crippen LogP contribution in [0.2, 0.25) is 0 Å². The second kappa shape index (κ2) is 7.50. The number of amides is 1. The van der Waals surface area contributed by atoms with Crippen LogP contribution in [0.1, 0.15) is 41.1 Å². The molecule has 0 unspecified atom stereocenters. The summed E-state index contributed by atoms with van der Waals surface area (Å²) in [6.07, 6.45) is 1.83. The van der Waals surface area contributed by atoms with Gasteiger partial charge in [0.05, 0.1) is 11.3 Å². The fourth-order valence-corrected chi connectivity index (χ4v) is 4.01. The number of furan rings is 1. The minimum atomic E-state index is -0.0796. The molecule has 152 valence electrons. The zero-order chi connectivity index (χ0) is 20.7. The Kier molecular flexibility index (Phi) is 5.03. The van der Waals surface area contributed by atoms with Gasteiger partial charge in [-0.25, -0.2) is 4.98 Å². The predicted octanol–water partition coefficient (Wildman–Crippen LogP) is 4.62. The molecular weight excluding hydrogens is 364 g/mol. The van der Waals surface area contributed by atoms with Gasteiger partial charge in [0.15, 0.2) is 0 Å². The van der Waals surface area contributed by atoms with Gasteiger partial charge >= 0.3 is 0 Å². The summed E-state index contributed by atoms with van der Waals surface area (Å²) in [6, 6.07) is 6.04.